The molecule has 1 aliphatic heterocycles. The molecule has 3 rings (SSSR count). The molecule has 1 fully saturated rings. The first kappa shape index (κ1) is 21.5. The van der Waals surface area contributed by atoms with Gasteiger partial charge < -0.3 is 10.1 Å². The third-order valence-corrected chi connectivity index (χ3v) is 7.11. The van der Waals surface area contributed by atoms with Crippen LogP contribution in [0.2, 0.25) is 0 Å². The number of para-hydroxylation sites is 1. The topological polar surface area (TPSA) is 74.8 Å². The number of pyridine rings is 1. The Labute approximate surface area is 173 Å². The van der Waals surface area contributed by atoms with Gasteiger partial charge in [-0.15, -0.1) is 0 Å². The first-order chi connectivity index (χ1) is 13.8. The molecular weight excluding hydrogens is 388 g/mol. The molecule has 0 aliphatic carbocycles. The summed E-state index contributed by atoms with van der Waals surface area (Å²) in [5.74, 6) is 0.660. The molecule has 1 aromatic carbocycles. The van der Waals surface area contributed by atoms with Gasteiger partial charge in [-0.3, -0.25) is 9.21 Å². The van der Waals surface area contributed by atoms with Gasteiger partial charge in [0.1, 0.15) is 10.7 Å². The standard InChI is InChI=1S/C21H30N4O3S/c1-4-25(18-8-6-5-7-9-18)29(26,27)19-10-11-20(22-16-19)23-17-21(2,3)24-12-14-28-15-13-24/h5-11,16H,4,12-15,17H2,1-3H3,(H,22,23). The lowest BCUT2D eigenvalue weighted by Gasteiger charge is -2.41. The predicted molar refractivity (Wildman–Crippen MR) is 116 cm³/mol. The Bertz CT molecular complexity index is 880. The molecule has 1 aliphatic rings. The van der Waals surface area contributed by atoms with Crippen molar-refractivity contribution in [2.75, 3.05) is 49.0 Å². The second-order valence-corrected chi connectivity index (χ2v) is 9.51. The van der Waals surface area contributed by atoms with E-state index in [1.807, 2.05) is 25.1 Å². The van der Waals surface area contributed by atoms with Gasteiger partial charge in [-0.1, -0.05) is 18.2 Å². The number of nitrogens with zero attached hydrogens (tertiary/aromatic N) is 3. The van der Waals surface area contributed by atoms with Crippen LogP contribution in [0.3, 0.4) is 0 Å². The number of rotatable bonds is 8. The predicted octanol–water partition coefficient (Wildman–Crippen LogP) is 2.82. The minimum atomic E-state index is -3.66. The number of nitrogens with one attached hydrogen (secondary N) is 1. The molecular formula is C21H30N4O3S. The van der Waals surface area contributed by atoms with Crippen LogP contribution in [-0.2, 0) is 14.8 Å². The third-order valence-electron chi connectivity index (χ3n) is 5.22. The van der Waals surface area contributed by atoms with E-state index in [2.05, 4.69) is 29.0 Å². The summed E-state index contributed by atoms with van der Waals surface area (Å²) in [5, 5.41) is 3.33. The summed E-state index contributed by atoms with van der Waals surface area (Å²) in [6, 6.07) is 12.4. The van der Waals surface area contributed by atoms with Gasteiger partial charge in [0.05, 0.1) is 18.9 Å². The summed E-state index contributed by atoms with van der Waals surface area (Å²) in [6.45, 7) is 10.6. The van der Waals surface area contributed by atoms with Crippen molar-refractivity contribution in [2.24, 2.45) is 0 Å². The van der Waals surface area contributed by atoms with Gasteiger partial charge in [0, 0.05) is 37.9 Å². The van der Waals surface area contributed by atoms with E-state index in [9.17, 15) is 8.42 Å². The minimum absolute atomic E-state index is 0.0530. The highest BCUT2D eigenvalue weighted by atomic mass is 32.2. The maximum absolute atomic E-state index is 13.0. The van der Waals surface area contributed by atoms with E-state index in [-0.39, 0.29) is 10.4 Å². The molecule has 1 saturated heterocycles. The van der Waals surface area contributed by atoms with Crippen molar-refractivity contribution in [2.45, 2.75) is 31.2 Å². The van der Waals surface area contributed by atoms with E-state index in [0.29, 0.717) is 24.6 Å². The van der Waals surface area contributed by atoms with E-state index in [1.165, 1.54) is 10.5 Å². The lowest BCUT2D eigenvalue weighted by molar-refractivity contribution is -0.00570. The zero-order chi connectivity index (χ0) is 20.9. The van der Waals surface area contributed by atoms with Gasteiger partial charge in [0.15, 0.2) is 0 Å². The number of hydrogen-bond acceptors (Lipinski definition) is 6. The first-order valence-electron chi connectivity index (χ1n) is 9.95. The Morgan fingerprint density at radius 3 is 2.41 bits per heavy atom. The summed E-state index contributed by atoms with van der Waals surface area (Å²) < 4.78 is 32.9. The van der Waals surface area contributed by atoms with E-state index in [4.69, 9.17) is 4.74 Å². The van der Waals surface area contributed by atoms with Crippen molar-refractivity contribution >= 4 is 21.5 Å². The van der Waals surface area contributed by atoms with E-state index < -0.39 is 10.0 Å². The fourth-order valence-corrected chi connectivity index (χ4v) is 4.86. The fraction of sp³-hybridized carbons (Fsp3) is 0.476. The SMILES string of the molecule is CCN(c1ccccc1)S(=O)(=O)c1ccc(NCC(C)(C)N2CCOCC2)nc1. The highest BCUT2D eigenvalue weighted by Crippen LogP contribution is 2.24. The van der Waals surface area contributed by atoms with Crippen molar-refractivity contribution in [1.29, 1.82) is 0 Å². The van der Waals surface area contributed by atoms with Gasteiger partial charge in [-0.25, -0.2) is 13.4 Å². The maximum Gasteiger partial charge on any atom is 0.265 e. The zero-order valence-electron chi connectivity index (χ0n) is 17.3. The molecule has 1 N–H and O–H groups in total. The Balaban J connectivity index is 1.69. The van der Waals surface area contributed by atoms with Crippen LogP contribution < -0.4 is 9.62 Å². The molecule has 0 unspecified atom stereocenters. The summed E-state index contributed by atoms with van der Waals surface area (Å²) in [4.78, 5) is 6.92. The van der Waals surface area contributed by atoms with Crippen molar-refractivity contribution in [3.63, 3.8) is 0 Å². The quantitative estimate of drug-likeness (QED) is 0.711. The van der Waals surface area contributed by atoms with Crippen LogP contribution in [0.4, 0.5) is 11.5 Å². The smallest absolute Gasteiger partial charge is 0.265 e. The second-order valence-electron chi connectivity index (χ2n) is 7.65. The molecule has 2 aromatic rings. The molecule has 0 spiro atoms. The van der Waals surface area contributed by atoms with Crippen LogP contribution in [-0.4, -0.2) is 63.2 Å². The monoisotopic (exact) mass is 418 g/mol. The lowest BCUT2D eigenvalue weighted by Crippen LogP contribution is -2.53. The van der Waals surface area contributed by atoms with Crippen molar-refractivity contribution < 1.29 is 13.2 Å². The summed E-state index contributed by atoms with van der Waals surface area (Å²) in [5.41, 5.74) is 0.590. The maximum atomic E-state index is 13.0. The van der Waals surface area contributed by atoms with Gasteiger partial charge in [-0.2, -0.15) is 0 Å². The van der Waals surface area contributed by atoms with Gasteiger partial charge in [-0.05, 0) is 45.0 Å². The van der Waals surface area contributed by atoms with Crippen LogP contribution >= 0.6 is 0 Å². The molecule has 29 heavy (non-hydrogen) atoms. The Kier molecular flexibility index (Phi) is 6.77. The number of ether oxygens (including phenoxy) is 1. The van der Waals surface area contributed by atoms with Gasteiger partial charge >= 0.3 is 0 Å². The van der Waals surface area contributed by atoms with Gasteiger partial charge in [0.2, 0.25) is 0 Å². The summed E-state index contributed by atoms with van der Waals surface area (Å²) >= 11 is 0. The number of anilines is 2. The molecule has 0 atom stereocenters. The molecule has 0 amide bonds. The van der Waals surface area contributed by atoms with E-state index >= 15 is 0 Å². The minimum Gasteiger partial charge on any atom is -0.379 e. The Morgan fingerprint density at radius 1 is 1.14 bits per heavy atom. The molecule has 2 heterocycles. The summed E-state index contributed by atoms with van der Waals surface area (Å²) in [7, 11) is -3.66. The van der Waals surface area contributed by atoms with Crippen molar-refractivity contribution in [3.05, 3.63) is 48.7 Å². The van der Waals surface area contributed by atoms with E-state index in [1.54, 1.807) is 24.3 Å². The fourth-order valence-electron chi connectivity index (χ4n) is 3.44. The van der Waals surface area contributed by atoms with Crippen molar-refractivity contribution in [1.82, 2.24) is 9.88 Å². The Hall–Kier alpha value is -2.16. The number of sulfonamides is 1. The van der Waals surface area contributed by atoms with E-state index in [0.717, 1.165) is 26.3 Å². The van der Waals surface area contributed by atoms with Crippen LogP contribution in [0.1, 0.15) is 20.8 Å². The van der Waals surface area contributed by atoms with Crippen LogP contribution in [0.25, 0.3) is 0 Å². The number of hydrogen-bond donors (Lipinski definition) is 1. The van der Waals surface area contributed by atoms with Crippen LogP contribution in [0, 0.1) is 0 Å². The lowest BCUT2D eigenvalue weighted by atomic mass is 10.0. The summed E-state index contributed by atoms with van der Waals surface area (Å²) in [6.07, 6.45) is 1.42. The molecule has 1 aromatic heterocycles. The second kappa shape index (κ2) is 9.11. The molecule has 8 heteroatoms. The highest BCUT2D eigenvalue weighted by Gasteiger charge is 2.28. The van der Waals surface area contributed by atoms with Crippen molar-refractivity contribution in [3.8, 4) is 0 Å². The number of benzene rings is 1. The average Bonchev–Trinajstić information content (AvgIpc) is 2.74. The highest BCUT2D eigenvalue weighted by molar-refractivity contribution is 7.92. The van der Waals surface area contributed by atoms with Crippen LogP contribution in [0.5, 0.6) is 0 Å². The molecule has 0 radical (unpaired) electrons. The number of morpholine rings is 1. The number of aromatic nitrogens is 1. The van der Waals surface area contributed by atoms with Gasteiger partial charge in [0.25, 0.3) is 10.0 Å². The first-order valence-corrected chi connectivity index (χ1v) is 11.4. The largest absolute Gasteiger partial charge is 0.379 e. The molecule has 0 saturated carbocycles. The average molecular weight is 419 g/mol. The Morgan fingerprint density at radius 2 is 1.83 bits per heavy atom. The zero-order valence-corrected chi connectivity index (χ0v) is 18.2. The normalized spacial score (nSPS) is 15.8. The van der Waals surface area contributed by atoms with Crippen LogP contribution in [0.15, 0.2) is 53.6 Å². The molecule has 158 valence electrons. The third kappa shape index (κ3) is 5.07. The molecule has 0 bridgehead atoms. The molecule has 7 nitrogen and oxygen atoms in total.